The van der Waals surface area contributed by atoms with Gasteiger partial charge in [-0.2, -0.15) is 4.98 Å². The summed E-state index contributed by atoms with van der Waals surface area (Å²) in [5.41, 5.74) is 0.465. The molecule has 3 heterocycles. The Labute approximate surface area is 194 Å². The van der Waals surface area contributed by atoms with Crippen molar-refractivity contribution in [2.24, 2.45) is 0 Å². The summed E-state index contributed by atoms with van der Waals surface area (Å²) in [6.07, 6.45) is 1.88. The number of anilines is 1. The number of sulfonamides is 1. The van der Waals surface area contributed by atoms with E-state index in [0.29, 0.717) is 22.8 Å². The van der Waals surface area contributed by atoms with Crippen LogP contribution in [-0.2, 0) is 14.8 Å². The van der Waals surface area contributed by atoms with Crippen molar-refractivity contribution < 1.29 is 27.3 Å². The van der Waals surface area contributed by atoms with Crippen molar-refractivity contribution in [3.63, 3.8) is 0 Å². The van der Waals surface area contributed by atoms with Crippen molar-refractivity contribution >= 4 is 38.9 Å². The van der Waals surface area contributed by atoms with Gasteiger partial charge in [0.25, 0.3) is 10.0 Å². The number of hydrogen-bond acceptors (Lipinski definition) is 9. The normalized spacial score (nSPS) is 13.8. The van der Waals surface area contributed by atoms with E-state index >= 15 is 0 Å². The van der Waals surface area contributed by atoms with Gasteiger partial charge in [-0.1, -0.05) is 11.2 Å². The third kappa shape index (κ3) is 4.91. The van der Waals surface area contributed by atoms with Crippen molar-refractivity contribution in [2.75, 3.05) is 24.4 Å². The zero-order valence-corrected chi connectivity index (χ0v) is 19.7. The number of hydrogen-bond donors (Lipinski definition) is 1. The summed E-state index contributed by atoms with van der Waals surface area (Å²) in [7, 11) is -3.96. The summed E-state index contributed by atoms with van der Waals surface area (Å²) in [5, 5.41) is 3.86. The molecular formula is C21H22N4O6S2. The average Bonchev–Trinajstić information content (AvgIpc) is 3.54. The molecule has 0 unspecified atom stereocenters. The summed E-state index contributed by atoms with van der Waals surface area (Å²) in [6.45, 7) is 4.87. The fraction of sp³-hybridized carbons (Fsp3) is 0.333. The number of carbonyl (C=O) groups excluding carboxylic acids is 2. The Bertz CT molecular complexity index is 1290. The van der Waals surface area contributed by atoms with Gasteiger partial charge >= 0.3 is 17.8 Å². The van der Waals surface area contributed by atoms with E-state index < -0.39 is 16.0 Å². The fourth-order valence-corrected chi connectivity index (χ4v) is 6.01. The number of carbonyl (C=O) groups is 2. The number of rotatable bonds is 7. The lowest BCUT2D eigenvalue weighted by Crippen LogP contribution is -2.27. The number of likely N-dealkylation sites (tertiary alicyclic amines) is 1. The van der Waals surface area contributed by atoms with Crippen molar-refractivity contribution in [3.8, 4) is 10.7 Å². The molecule has 0 spiro atoms. The topological polar surface area (TPSA) is 132 Å². The summed E-state index contributed by atoms with van der Waals surface area (Å²) >= 11 is 1.17. The summed E-state index contributed by atoms with van der Waals surface area (Å²) in [5.74, 6) is -0.827. The zero-order chi connectivity index (χ0) is 23.6. The summed E-state index contributed by atoms with van der Waals surface area (Å²) in [6, 6.07) is 7.49. The maximum absolute atomic E-state index is 13.0. The molecule has 1 aliphatic heterocycles. The van der Waals surface area contributed by atoms with E-state index in [0.717, 1.165) is 12.8 Å². The molecule has 3 aromatic rings. The highest BCUT2D eigenvalue weighted by Gasteiger charge is 2.27. The Morgan fingerprint density at radius 2 is 2.00 bits per heavy atom. The molecule has 0 aliphatic carbocycles. The molecule has 2 aromatic heterocycles. The maximum Gasteiger partial charge on any atom is 0.338 e. The Morgan fingerprint density at radius 1 is 1.24 bits per heavy atom. The number of aryl methyl sites for hydroxylation is 1. The second-order valence-corrected chi connectivity index (χ2v) is 10.3. The first-order valence-corrected chi connectivity index (χ1v) is 12.6. The molecule has 0 bridgehead atoms. The fourth-order valence-electron chi connectivity index (χ4n) is 3.44. The van der Waals surface area contributed by atoms with Crippen molar-refractivity contribution in [1.82, 2.24) is 15.0 Å². The molecule has 33 heavy (non-hydrogen) atoms. The predicted octanol–water partition coefficient (Wildman–Crippen LogP) is 3.32. The molecule has 1 aliphatic rings. The standard InChI is InChI=1S/C21H22N4O6S2/c1-3-30-21(27)14-7-6-8-15(11-14)24-33(28,29)17-12-16(32-13(17)2)18-22-19(31-23-18)20(26)25-9-4-5-10-25/h6-8,11-12,24H,3-5,9-10H2,1-2H3. The molecular weight excluding hydrogens is 468 g/mol. The van der Waals surface area contributed by atoms with Crippen LogP contribution in [0.1, 0.15) is 45.7 Å². The van der Waals surface area contributed by atoms with Crippen LogP contribution >= 0.6 is 11.3 Å². The van der Waals surface area contributed by atoms with Crippen LogP contribution in [0.25, 0.3) is 10.7 Å². The highest BCUT2D eigenvalue weighted by molar-refractivity contribution is 7.93. The number of nitrogens with zero attached hydrogens (tertiary/aromatic N) is 3. The van der Waals surface area contributed by atoms with Gasteiger partial charge in [0.05, 0.1) is 17.0 Å². The van der Waals surface area contributed by atoms with Gasteiger partial charge in [0.1, 0.15) is 4.90 Å². The number of esters is 1. The molecule has 0 saturated carbocycles. The molecule has 1 fully saturated rings. The molecule has 1 saturated heterocycles. The van der Waals surface area contributed by atoms with E-state index in [1.165, 1.54) is 23.5 Å². The Balaban J connectivity index is 1.55. The zero-order valence-electron chi connectivity index (χ0n) is 18.0. The number of amides is 1. The van der Waals surface area contributed by atoms with Crippen LogP contribution in [0.5, 0.6) is 0 Å². The van der Waals surface area contributed by atoms with Gasteiger partial charge in [-0.05, 0) is 51.0 Å². The summed E-state index contributed by atoms with van der Waals surface area (Å²) < 4.78 is 38.6. The molecule has 174 valence electrons. The van der Waals surface area contributed by atoms with Crippen LogP contribution < -0.4 is 4.72 Å². The van der Waals surface area contributed by atoms with Crippen LogP contribution in [0.15, 0.2) is 39.8 Å². The lowest BCUT2D eigenvalue weighted by atomic mass is 10.2. The third-order valence-corrected chi connectivity index (χ3v) is 7.69. The van der Waals surface area contributed by atoms with E-state index in [4.69, 9.17) is 9.26 Å². The Kier molecular flexibility index (Phi) is 6.47. The molecule has 1 amide bonds. The quantitative estimate of drug-likeness (QED) is 0.499. The maximum atomic E-state index is 13.0. The number of nitrogens with one attached hydrogen (secondary N) is 1. The largest absolute Gasteiger partial charge is 0.462 e. The van der Waals surface area contributed by atoms with Crippen molar-refractivity contribution in [1.29, 1.82) is 0 Å². The predicted molar refractivity (Wildman–Crippen MR) is 121 cm³/mol. The van der Waals surface area contributed by atoms with Gasteiger partial charge in [0.2, 0.25) is 5.82 Å². The van der Waals surface area contributed by atoms with E-state index in [-0.39, 0.29) is 40.4 Å². The molecule has 12 heteroatoms. The van der Waals surface area contributed by atoms with Crippen molar-refractivity contribution in [2.45, 2.75) is 31.6 Å². The SMILES string of the molecule is CCOC(=O)c1cccc(NS(=O)(=O)c2cc(-c3noc(C(=O)N4CCCC4)n3)sc2C)c1. The molecule has 1 aromatic carbocycles. The number of benzene rings is 1. The molecule has 4 rings (SSSR count). The second-order valence-electron chi connectivity index (χ2n) is 7.36. The monoisotopic (exact) mass is 490 g/mol. The molecule has 0 radical (unpaired) electrons. The number of ether oxygens (including phenoxy) is 1. The van der Waals surface area contributed by atoms with Crippen LogP contribution in [0.2, 0.25) is 0 Å². The van der Waals surface area contributed by atoms with Gasteiger partial charge in [0.15, 0.2) is 0 Å². The molecule has 1 N–H and O–H groups in total. The van der Waals surface area contributed by atoms with Crippen molar-refractivity contribution in [3.05, 3.63) is 46.7 Å². The Hall–Kier alpha value is -3.25. The minimum absolute atomic E-state index is 0.0428. The minimum atomic E-state index is -3.96. The average molecular weight is 491 g/mol. The smallest absolute Gasteiger partial charge is 0.338 e. The number of aromatic nitrogens is 2. The van der Waals surface area contributed by atoms with E-state index in [2.05, 4.69) is 14.9 Å². The van der Waals surface area contributed by atoms with Gasteiger partial charge < -0.3 is 14.2 Å². The van der Waals surface area contributed by atoms with E-state index in [9.17, 15) is 18.0 Å². The highest BCUT2D eigenvalue weighted by atomic mass is 32.2. The summed E-state index contributed by atoms with van der Waals surface area (Å²) in [4.78, 5) is 31.2. The molecule has 0 atom stereocenters. The van der Waals surface area contributed by atoms with Crippen LogP contribution in [-0.4, -0.2) is 55.0 Å². The van der Waals surface area contributed by atoms with Crippen LogP contribution in [0.4, 0.5) is 5.69 Å². The minimum Gasteiger partial charge on any atom is -0.462 e. The van der Waals surface area contributed by atoms with Crippen LogP contribution in [0, 0.1) is 6.92 Å². The lowest BCUT2D eigenvalue weighted by Gasteiger charge is -2.10. The second kappa shape index (κ2) is 9.32. The first kappa shape index (κ1) is 22.9. The van der Waals surface area contributed by atoms with Gasteiger partial charge in [-0.15, -0.1) is 11.3 Å². The first-order chi connectivity index (χ1) is 15.8. The van der Waals surface area contributed by atoms with Crippen LogP contribution in [0.3, 0.4) is 0 Å². The third-order valence-electron chi connectivity index (χ3n) is 5.01. The van der Waals surface area contributed by atoms with Gasteiger partial charge in [-0.3, -0.25) is 9.52 Å². The first-order valence-electron chi connectivity index (χ1n) is 10.3. The molecule has 10 nitrogen and oxygen atoms in total. The lowest BCUT2D eigenvalue weighted by molar-refractivity contribution is 0.0526. The van der Waals surface area contributed by atoms with Gasteiger partial charge in [0, 0.05) is 23.7 Å². The van der Waals surface area contributed by atoms with E-state index in [1.807, 2.05) is 0 Å². The van der Waals surface area contributed by atoms with Gasteiger partial charge in [-0.25, -0.2) is 13.2 Å². The number of thiophene rings is 1. The van der Waals surface area contributed by atoms with E-state index in [1.54, 1.807) is 36.9 Å². The highest BCUT2D eigenvalue weighted by Crippen LogP contribution is 2.33. The Morgan fingerprint density at radius 3 is 2.73 bits per heavy atom.